The first kappa shape index (κ1) is 16.6. The maximum absolute atomic E-state index is 14.2. The van der Waals surface area contributed by atoms with E-state index in [1.807, 2.05) is 0 Å². The number of halogens is 1. The summed E-state index contributed by atoms with van der Waals surface area (Å²) in [6, 6.07) is 9.97. The second-order valence-electron chi connectivity index (χ2n) is 5.93. The number of hydrogen-bond donors (Lipinski definition) is 0. The molecular weight excluding hydrogens is 353 g/mol. The zero-order valence-corrected chi connectivity index (χ0v) is 14.0. The first-order valence-corrected chi connectivity index (χ1v) is 7.94. The van der Waals surface area contributed by atoms with Crippen molar-refractivity contribution in [2.75, 3.05) is 0 Å². The van der Waals surface area contributed by atoms with E-state index in [0.717, 1.165) is 6.07 Å². The van der Waals surface area contributed by atoms with Crippen LogP contribution in [0.5, 0.6) is 0 Å². The highest BCUT2D eigenvalue weighted by Gasteiger charge is 2.39. The Balaban J connectivity index is 1.63. The molecule has 0 unspecified atom stereocenters. The molecule has 0 N–H and O–H groups in total. The fourth-order valence-electron chi connectivity index (χ4n) is 2.81. The minimum atomic E-state index is -1.15. The summed E-state index contributed by atoms with van der Waals surface area (Å²) in [6.45, 7) is 0. The topological polar surface area (TPSA) is 81.5 Å². The summed E-state index contributed by atoms with van der Waals surface area (Å²) in [5.41, 5.74) is 1.07. The lowest BCUT2D eigenvalue weighted by Gasteiger charge is -2.13. The molecule has 4 rings (SSSR count). The van der Waals surface area contributed by atoms with Crippen molar-refractivity contribution in [3.05, 3.63) is 77.4 Å². The minimum Gasteiger partial charge on any atom is -0.324 e. The van der Waals surface area contributed by atoms with Gasteiger partial charge in [-0.05, 0) is 29.8 Å². The molecule has 0 fully saturated rings. The average Bonchev–Trinajstić information content (AvgIpc) is 3.20. The van der Waals surface area contributed by atoms with Gasteiger partial charge in [0.1, 0.15) is 5.82 Å². The lowest BCUT2D eigenvalue weighted by atomic mass is 10.1. The lowest BCUT2D eigenvalue weighted by molar-refractivity contribution is -0.0587. The Morgan fingerprint density at radius 2 is 1.70 bits per heavy atom. The number of aromatic nitrogens is 2. The molecule has 0 bridgehead atoms. The van der Waals surface area contributed by atoms with Gasteiger partial charge in [0.25, 0.3) is 11.8 Å². The van der Waals surface area contributed by atoms with Crippen molar-refractivity contribution in [1.82, 2.24) is 14.8 Å². The van der Waals surface area contributed by atoms with Gasteiger partial charge >= 0.3 is 5.97 Å². The van der Waals surface area contributed by atoms with Crippen LogP contribution >= 0.6 is 0 Å². The summed E-state index contributed by atoms with van der Waals surface area (Å²) in [4.78, 5) is 41.9. The number of fused-ring (bicyclic) bond motifs is 1. The van der Waals surface area contributed by atoms with Gasteiger partial charge in [0, 0.05) is 18.8 Å². The molecule has 0 spiro atoms. The van der Waals surface area contributed by atoms with Crippen LogP contribution in [-0.4, -0.2) is 32.6 Å². The summed E-state index contributed by atoms with van der Waals surface area (Å²) >= 11 is 0. The lowest BCUT2D eigenvalue weighted by Crippen LogP contribution is -2.33. The molecule has 2 aromatic carbocycles. The Labute approximate surface area is 152 Å². The summed E-state index contributed by atoms with van der Waals surface area (Å²) in [6.07, 6.45) is 3.26. The van der Waals surface area contributed by atoms with E-state index in [-0.39, 0.29) is 11.1 Å². The first-order valence-electron chi connectivity index (χ1n) is 7.94. The van der Waals surface area contributed by atoms with Crippen molar-refractivity contribution < 1.29 is 23.6 Å². The molecule has 0 aliphatic carbocycles. The SMILES string of the molecule is Cn1cc(-c2ccc(F)c(C(=O)ON3C(=O)c4ccccc4C3=O)c2)cn1. The number of nitrogens with zero attached hydrogens (tertiary/aromatic N) is 3. The zero-order chi connectivity index (χ0) is 19.1. The Morgan fingerprint density at radius 3 is 2.30 bits per heavy atom. The third-order valence-electron chi connectivity index (χ3n) is 4.16. The quantitative estimate of drug-likeness (QED) is 0.667. The Morgan fingerprint density at radius 1 is 1.04 bits per heavy atom. The number of hydrogen-bond acceptors (Lipinski definition) is 5. The number of imide groups is 1. The fraction of sp³-hybridized carbons (Fsp3) is 0.0526. The van der Waals surface area contributed by atoms with Crippen LogP contribution in [-0.2, 0) is 11.9 Å². The number of rotatable bonds is 3. The second-order valence-corrected chi connectivity index (χ2v) is 5.93. The highest BCUT2D eigenvalue weighted by atomic mass is 19.1. The van der Waals surface area contributed by atoms with E-state index in [4.69, 9.17) is 4.84 Å². The molecule has 7 nitrogen and oxygen atoms in total. The van der Waals surface area contributed by atoms with Crippen molar-refractivity contribution in [3.8, 4) is 11.1 Å². The number of hydroxylamine groups is 2. The second kappa shape index (κ2) is 6.17. The highest BCUT2D eigenvalue weighted by molar-refractivity contribution is 6.21. The van der Waals surface area contributed by atoms with E-state index < -0.39 is 29.2 Å². The van der Waals surface area contributed by atoms with Crippen LogP contribution in [0.4, 0.5) is 4.39 Å². The van der Waals surface area contributed by atoms with E-state index in [9.17, 15) is 18.8 Å². The standard InChI is InChI=1S/C19H12FN3O4/c1-22-10-12(9-21-22)11-6-7-16(20)15(8-11)19(26)27-23-17(24)13-4-2-3-5-14(13)18(23)25/h2-10H,1H3. The van der Waals surface area contributed by atoms with Crippen molar-refractivity contribution in [3.63, 3.8) is 0 Å². The molecule has 134 valence electrons. The molecule has 0 saturated heterocycles. The number of benzene rings is 2. The zero-order valence-electron chi connectivity index (χ0n) is 14.0. The third kappa shape index (κ3) is 2.77. The largest absolute Gasteiger partial charge is 0.366 e. The molecule has 27 heavy (non-hydrogen) atoms. The maximum Gasteiger partial charge on any atom is 0.366 e. The average molecular weight is 365 g/mol. The monoisotopic (exact) mass is 365 g/mol. The molecule has 1 aromatic heterocycles. The fourth-order valence-corrected chi connectivity index (χ4v) is 2.81. The molecule has 1 aliphatic heterocycles. The van der Waals surface area contributed by atoms with Crippen LogP contribution in [0.2, 0.25) is 0 Å². The summed E-state index contributed by atoms with van der Waals surface area (Å²) in [5, 5.41) is 4.38. The van der Waals surface area contributed by atoms with Gasteiger partial charge in [0.05, 0.1) is 22.9 Å². The van der Waals surface area contributed by atoms with Gasteiger partial charge in [-0.1, -0.05) is 23.3 Å². The smallest absolute Gasteiger partial charge is 0.324 e. The molecule has 0 saturated carbocycles. The van der Waals surface area contributed by atoms with E-state index in [1.165, 1.54) is 24.3 Å². The molecular formula is C19H12FN3O4. The third-order valence-corrected chi connectivity index (χ3v) is 4.16. The van der Waals surface area contributed by atoms with Crippen molar-refractivity contribution >= 4 is 17.8 Å². The molecule has 1 aliphatic rings. The van der Waals surface area contributed by atoms with E-state index in [2.05, 4.69) is 5.10 Å². The number of carbonyl (C=O) groups excluding carboxylic acids is 3. The van der Waals surface area contributed by atoms with Crippen molar-refractivity contribution in [2.24, 2.45) is 7.05 Å². The van der Waals surface area contributed by atoms with Crippen molar-refractivity contribution in [2.45, 2.75) is 0 Å². The maximum atomic E-state index is 14.2. The van der Waals surface area contributed by atoms with Gasteiger partial charge in [-0.3, -0.25) is 14.3 Å². The Kier molecular flexibility index (Phi) is 3.80. The minimum absolute atomic E-state index is 0.125. The predicted octanol–water partition coefficient (Wildman–Crippen LogP) is 2.59. The van der Waals surface area contributed by atoms with Gasteiger partial charge in [0.15, 0.2) is 0 Å². The van der Waals surface area contributed by atoms with Crippen LogP contribution in [0.1, 0.15) is 31.1 Å². The van der Waals surface area contributed by atoms with Crippen LogP contribution in [0, 0.1) is 5.82 Å². The summed E-state index contributed by atoms with van der Waals surface area (Å²) < 4.78 is 15.7. The molecule has 2 heterocycles. The molecule has 3 aromatic rings. The van der Waals surface area contributed by atoms with Gasteiger partial charge in [-0.25, -0.2) is 9.18 Å². The summed E-state index contributed by atoms with van der Waals surface area (Å²) in [7, 11) is 1.73. The van der Waals surface area contributed by atoms with E-state index in [0.29, 0.717) is 16.2 Å². The van der Waals surface area contributed by atoms with Crippen LogP contribution in [0.3, 0.4) is 0 Å². The number of carbonyl (C=O) groups is 3. The molecule has 0 radical (unpaired) electrons. The van der Waals surface area contributed by atoms with E-state index >= 15 is 0 Å². The molecule has 8 heteroatoms. The van der Waals surface area contributed by atoms with Crippen LogP contribution in [0.25, 0.3) is 11.1 Å². The van der Waals surface area contributed by atoms with Gasteiger partial charge in [-0.2, -0.15) is 5.10 Å². The van der Waals surface area contributed by atoms with Crippen LogP contribution in [0.15, 0.2) is 54.9 Å². The van der Waals surface area contributed by atoms with Gasteiger partial charge < -0.3 is 4.84 Å². The normalized spacial score (nSPS) is 13.0. The highest BCUT2D eigenvalue weighted by Crippen LogP contribution is 2.25. The molecule has 2 amide bonds. The van der Waals surface area contributed by atoms with E-state index in [1.54, 1.807) is 36.3 Å². The van der Waals surface area contributed by atoms with Crippen molar-refractivity contribution in [1.29, 1.82) is 0 Å². The van der Waals surface area contributed by atoms with Gasteiger partial charge in [-0.15, -0.1) is 0 Å². The Bertz CT molecular complexity index is 1070. The molecule has 0 atom stereocenters. The summed E-state index contributed by atoms with van der Waals surface area (Å²) in [5.74, 6) is -3.52. The first-order chi connectivity index (χ1) is 13.0. The van der Waals surface area contributed by atoms with Gasteiger partial charge in [0.2, 0.25) is 0 Å². The predicted molar refractivity (Wildman–Crippen MR) is 91.0 cm³/mol. The Hall–Kier alpha value is -3.81. The number of amides is 2. The number of aryl methyl sites for hydroxylation is 1. The van der Waals surface area contributed by atoms with Crippen LogP contribution < -0.4 is 0 Å².